The molecule has 0 aliphatic heterocycles. The number of hydrogen-bond acceptors (Lipinski definition) is 3. The van der Waals surface area contributed by atoms with Crippen molar-refractivity contribution in [3.05, 3.63) is 29.3 Å². The maximum Gasteiger partial charge on any atom is 0.251 e. The van der Waals surface area contributed by atoms with Crippen LogP contribution >= 0.6 is 11.8 Å². The summed E-state index contributed by atoms with van der Waals surface area (Å²) in [5.41, 5.74) is 7.98. The predicted octanol–water partition coefficient (Wildman–Crippen LogP) is 2.45. The molecule has 0 heterocycles. The lowest BCUT2D eigenvalue weighted by Crippen LogP contribution is -2.36. The number of rotatable bonds is 5. The Balaban J connectivity index is 2.79. The second-order valence-electron chi connectivity index (χ2n) is 4.05. The van der Waals surface area contributed by atoms with Crippen LogP contribution in [0.1, 0.15) is 29.3 Å². The summed E-state index contributed by atoms with van der Waals surface area (Å²) in [5.74, 6) is 0.902. The summed E-state index contributed by atoms with van der Waals surface area (Å²) in [6, 6.07) is 5.66. The van der Waals surface area contributed by atoms with Crippen molar-refractivity contribution in [3.63, 3.8) is 0 Å². The highest BCUT2D eigenvalue weighted by Crippen LogP contribution is 2.15. The van der Waals surface area contributed by atoms with Crippen LogP contribution in [0.5, 0.6) is 0 Å². The summed E-state index contributed by atoms with van der Waals surface area (Å²) in [6.07, 6.45) is 2.98. The Morgan fingerprint density at radius 1 is 1.53 bits per heavy atom. The summed E-state index contributed by atoms with van der Waals surface area (Å²) in [5, 5.41) is 3.04. The van der Waals surface area contributed by atoms with Crippen molar-refractivity contribution in [2.75, 3.05) is 17.7 Å². The smallest absolute Gasteiger partial charge is 0.251 e. The van der Waals surface area contributed by atoms with Crippen molar-refractivity contribution in [2.45, 2.75) is 26.3 Å². The van der Waals surface area contributed by atoms with E-state index in [-0.39, 0.29) is 11.9 Å². The Morgan fingerprint density at radius 2 is 2.24 bits per heavy atom. The van der Waals surface area contributed by atoms with Gasteiger partial charge in [0, 0.05) is 23.0 Å². The van der Waals surface area contributed by atoms with Gasteiger partial charge >= 0.3 is 0 Å². The van der Waals surface area contributed by atoms with Gasteiger partial charge in [0.1, 0.15) is 0 Å². The van der Waals surface area contributed by atoms with E-state index in [0.717, 1.165) is 17.7 Å². The van der Waals surface area contributed by atoms with Gasteiger partial charge in [0.25, 0.3) is 5.91 Å². The van der Waals surface area contributed by atoms with Gasteiger partial charge in [-0.25, -0.2) is 0 Å². The molecule has 0 aromatic heterocycles. The summed E-state index contributed by atoms with van der Waals surface area (Å²) in [4.78, 5) is 12.1. The maximum atomic E-state index is 12.1. The molecule has 0 saturated carbocycles. The molecule has 17 heavy (non-hydrogen) atoms. The highest BCUT2D eigenvalue weighted by atomic mass is 32.2. The van der Waals surface area contributed by atoms with Gasteiger partial charge in [-0.05, 0) is 37.3 Å². The minimum absolute atomic E-state index is 0.0318. The highest BCUT2D eigenvalue weighted by Gasteiger charge is 2.14. The van der Waals surface area contributed by atoms with Crippen molar-refractivity contribution in [1.82, 2.24) is 5.32 Å². The lowest BCUT2D eigenvalue weighted by molar-refractivity contribution is 0.0939. The number of amides is 1. The minimum Gasteiger partial charge on any atom is -0.398 e. The largest absolute Gasteiger partial charge is 0.398 e. The van der Waals surface area contributed by atoms with Crippen molar-refractivity contribution in [3.8, 4) is 0 Å². The Morgan fingerprint density at radius 3 is 2.82 bits per heavy atom. The minimum atomic E-state index is -0.0318. The molecule has 0 saturated heterocycles. The lowest BCUT2D eigenvalue weighted by atomic mass is 10.1. The van der Waals surface area contributed by atoms with Crippen LogP contribution in [0.4, 0.5) is 5.69 Å². The number of hydrogen-bond donors (Lipinski definition) is 2. The predicted molar refractivity (Wildman–Crippen MR) is 75.5 cm³/mol. The molecule has 0 aliphatic carbocycles. The number of anilines is 1. The van der Waals surface area contributed by atoms with Gasteiger partial charge in [-0.3, -0.25) is 4.79 Å². The van der Waals surface area contributed by atoms with Crippen molar-refractivity contribution >= 4 is 23.4 Å². The summed E-state index contributed by atoms with van der Waals surface area (Å²) in [7, 11) is 0. The molecule has 3 nitrogen and oxygen atoms in total. The van der Waals surface area contributed by atoms with Crippen molar-refractivity contribution < 1.29 is 4.79 Å². The molecule has 4 heteroatoms. The first kappa shape index (κ1) is 13.9. The van der Waals surface area contributed by atoms with E-state index in [1.54, 1.807) is 11.8 Å². The Bertz CT molecular complexity index is 393. The van der Waals surface area contributed by atoms with E-state index >= 15 is 0 Å². The van der Waals surface area contributed by atoms with E-state index in [0.29, 0.717) is 11.3 Å². The standard InChI is InChI=1S/C13H20N2OS/c1-4-10(8-17-3)15-13(16)11-6-5-7-12(14)9(11)2/h5-7,10H,4,8,14H2,1-3H3,(H,15,16). The fraction of sp³-hybridized carbons (Fsp3) is 0.462. The molecule has 94 valence electrons. The van der Waals surface area contributed by atoms with Crippen LogP contribution in [-0.4, -0.2) is 24.0 Å². The molecule has 0 spiro atoms. The van der Waals surface area contributed by atoms with Crippen LogP contribution in [0, 0.1) is 6.92 Å². The van der Waals surface area contributed by atoms with Crippen LogP contribution < -0.4 is 11.1 Å². The number of carbonyl (C=O) groups is 1. The van der Waals surface area contributed by atoms with E-state index < -0.39 is 0 Å². The van der Waals surface area contributed by atoms with Crippen LogP contribution in [-0.2, 0) is 0 Å². The Kier molecular flexibility index (Phi) is 5.35. The maximum absolute atomic E-state index is 12.1. The van der Waals surface area contributed by atoms with E-state index in [4.69, 9.17) is 5.73 Å². The van der Waals surface area contributed by atoms with Crippen LogP contribution in [0.2, 0.25) is 0 Å². The normalized spacial score (nSPS) is 12.2. The average molecular weight is 252 g/mol. The molecule has 3 N–H and O–H groups in total. The van der Waals surface area contributed by atoms with Crippen LogP contribution in [0.3, 0.4) is 0 Å². The van der Waals surface area contributed by atoms with Gasteiger partial charge in [0.2, 0.25) is 0 Å². The molecule has 0 aliphatic rings. The zero-order chi connectivity index (χ0) is 12.8. The molecule has 1 rings (SSSR count). The Labute approximate surface area is 107 Å². The molecular formula is C13H20N2OS. The lowest BCUT2D eigenvalue weighted by Gasteiger charge is -2.17. The first-order valence-corrected chi connectivity index (χ1v) is 7.14. The third-order valence-corrected chi connectivity index (χ3v) is 3.55. The second kappa shape index (κ2) is 6.55. The van der Waals surface area contributed by atoms with Gasteiger partial charge in [-0.15, -0.1) is 0 Å². The highest BCUT2D eigenvalue weighted by molar-refractivity contribution is 7.98. The fourth-order valence-electron chi connectivity index (χ4n) is 1.63. The quantitative estimate of drug-likeness (QED) is 0.791. The molecule has 0 radical (unpaired) electrons. The Hall–Kier alpha value is -1.16. The summed E-state index contributed by atoms with van der Waals surface area (Å²) in [6.45, 7) is 3.95. The van der Waals surface area contributed by atoms with Crippen LogP contribution in [0.15, 0.2) is 18.2 Å². The average Bonchev–Trinajstić information content (AvgIpc) is 2.31. The number of nitrogen functional groups attached to an aromatic ring is 1. The second-order valence-corrected chi connectivity index (χ2v) is 4.96. The van der Waals surface area contributed by atoms with E-state index in [1.165, 1.54) is 0 Å². The molecule has 1 atom stereocenters. The summed E-state index contributed by atoms with van der Waals surface area (Å²) >= 11 is 1.74. The zero-order valence-electron chi connectivity index (χ0n) is 10.6. The van der Waals surface area contributed by atoms with Crippen molar-refractivity contribution in [2.24, 2.45) is 0 Å². The van der Waals surface area contributed by atoms with Gasteiger partial charge in [0.15, 0.2) is 0 Å². The molecule has 1 aromatic rings. The fourth-order valence-corrected chi connectivity index (χ4v) is 2.35. The topological polar surface area (TPSA) is 55.1 Å². The van der Waals surface area contributed by atoms with Crippen LogP contribution in [0.25, 0.3) is 0 Å². The third kappa shape index (κ3) is 3.66. The first-order chi connectivity index (χ1) is 8.10. The van der Waals surface area contributed by atoms with Crippen molar-refractivity contribution in [1.29, 1.82) is 0 Å². The molecular weight excluding hydrogens is 232 g/mol. The van der Waals surface area contributed by atoms with E-state index in [9.17, 15) is 4.79 Å². The third-order valence-electron chi connectivity index (χ3n) is 2.82. The number of nitrogens with one attached hydrogen (secondary N) is 1. The number of thioether (sulfide) groups is 1. The molecule has 1 aromatic carbocycles. The first-order valence-electron chi connectivity index (χ1n) is 5.75. The number of nitrogens with two attached hydrogens (primary N) is 1. The molecule has 1 amide bonds. The SMILES string of the molecule is CCC(CSC)NC(=O)c1cccc(N)c1C. The molecule has 1 unspecified atom stereocenters. The van der Waals surface area contributed by atoms with Gasteiger partial charge in [-0.1, -0.05) is 13.0 Å². The van der Waals surface area contributed by atoms with Gasteiger partial charge < -0.3 is 11.1 Å². The van der Waals surface area contributed by atoms with Gasteiger partial charge in [0.05, 0.1) is 0 Å². The number of benzene rings is 1. The number of carbonyl (C=O) groups excluding carboxylic acids is 1. The summed E-state index contributed by atoms with van der Waals surface area (Å²) < 4.78 is 0. The molecule has 0 bridgehead atoms. The monoisotopic (exact) mass is 252 g/mol. The zero-order valence-corrected chi connectivity index (χ0v) is 11.4. The molecule has 0 fully saturated rings. The van der Waals surface area contributed by atoms with E-state index in [1.807, 2.05) is 31.4 Å². The van der Waals surface area contributed by atoms with E-state index in [2.05, 4.69) is 12.2 Å². The van der Waals surface area contributed by atoms with Gasteiger partial charge in [-0.2, -0.15) is 11.8 Å².